The van der Waals surface area contributed by atoms with Gasteiger partial charge in [0, 0.05) is 51.6 Å². The third kappa shape index (κ3) is 10.4. The number of hydrogen-bond donors (Lipinski definition) is 2. The molecule has 0 bridgehead atoms. The molecule has 3 aromatic carbocycles. The van der Waals surface area contributed by atoms with E-state index in [4.69, 9.17) is 9.47 Å². The van der Waals surface area contributed by atoms with Gasteiger partial charge in [0.2, 0.25) is 5.91 Å². The molecule has 1 aliphatic heterocycles. The Kier molecular flexibility index (Phi) is 15.6. The Morgan fingerprint density at radius 1 is 0.961 bits per heavy atom. The number of nitrogens with zero attached hydrogens (tertiary/aromatic N) is 4. The minimum atomic E-state index is -0.366. The van der Waals surface area contributed by atoms with E-state index in [0.29, 0.717) is 46.8 Å². The number of imidazole rings is 1. The molecule has 1 saturated heterocycles. The number of amides is 3. The lowest BCUT2D eigenvalue weighted by molar-refractivity contribution is -0.132. The van der Waals surface area contributed by atoms with Crippen LogP contribution in [0.25, 0.3) is 11.0 Å². The van der Waals surface area contributed by atoms with E-state index in [2.05, 4.69) is 34.2 Å². The topological polar surface area (TPSA) is 120 Å². The lowest BCUT2D eigenvalue weighted by Crippen LogP contribution is -2.47. The predicted octanol–water partition coefficient (Wildman–Crippen LogP) is 6.92. The first-order chi connectivity index (χ1) is 23.7. The standard InChI is InChI=1S/C38H48N6O5.2ClH/c1-6-11-34-39-29-12-10-13-30(36(29)41-34)40-37(46)28-17-16-27(25-32(28)48-5)38(47)43(4)31-18-15-26(2)24-33(31)49-23-9-7-8-14-35(45)44-21-19-42(3)20-22-44;;/h10,12-13,15-18,24-25H,6-9,11,14,19-23H2,1-5H3,(H,39,41)(H,40,46);2*1H. The number of hydrogen-bond acceptors (Lipinski definition) is 7. The summed E-state index contributed by atoms with van der Waals surface area (Å²) in [6.07, 6.45) is 4.83. The number of methoxy groups -OCH3 is 1. The van der Waals surface area contributed by atoms with Crippen LogP contribution < -0.4 is 19.7 Å². The number of rotatable bonds is 14. The molecule has 0 spiro atoms. The van der Waals surface area contributed by atoms with Crippen molar-refractivity contribution in [2.75, 3.05) is 64.2 Å². The first-order valence-corrected chi connectivity index (χ1v) is 17.1. The number of carbonyl (C=O) groups is 3. The molecule has 0 radical (unpaired) electrons. The molecular weight excluding hydrogens is 691 g/mol. The molecule has 11 nitrogen and oxygen atoms in total. The van der Waals surface area contributed by atoms with Gasteiger partial charge in [-0.1, -0.05) is 19.1 Å². The molecule has 4 aromatic rings. The summed E-state index contributed by atoms with van der Waals surface area (Å²) in [5, 5.41) is 2.96. The van der Waals surface area contributed by atoms with Crippen molar-refractivity contribution in [3.8, 4) is 11.5 Å². The van der Waals surface area contributed by atoms with E-state index in [-0.39, 0.29) is 48.3 Å². The summed E-state index contributed by atoms with van der Waals surface area (Å²) in [5.74, 6) is 1.36. The molecule has 0 saturated carbocycles. The monoisotopic (exact) mass is 740 g/mol. The molecule has 1 aromatic heterocycles. The Balaban J connectivity index is 0.00000351. The lowest BCUT2D eigenvalue weighted by atomic mass is 10.1. The van der Waals surface area contributed by atoms with Crippen molar-refractivity contribution in [2.24, 2.45) is 0 Å². The fourth-order valence-corrected chi connectivity index (χ4v) is 6.01. The van der Waals surface area contributed by atoms with Crippen LogP contribution >= 0.6 is 24.8 Å². The molecule has 1 fully saturated rings. The van der Waals surface area contributed by atoms with E-state index in [1.807, 2.05) is 48.2 Å². The summed E-state index contributed by atoms with van der Waals surface area (Å²) in [6, 6.07) is 16.2. The molecular formula is C38H50Cl2N6O5. The maximum Gasteiger partial charge on any atom is 0.259 e. The molecule has 276 valence electrons. The number of ether oxygens (including phenoxy) is 2. The number of nitrogens with one attached hydrogen (secondary N) is 2. The van der Waals surface area contributed by atoms with E-state index in [0.717, 1.165) is 75.2 Å². The van der Waals surface area contributed by atoms with E-state index >= 15 is 0 Å². The first kappa shape index (κ1) is 41.1. The zero-order chi connectivity index (χ0) is 34.9. The highest BCUT2D eigenvalue weighted by molar-refractivity contribution is 6.11. The van der Waals surface area contributed by atoms with Gasteiger partial charge in [0.05, 0.1) is 36.2 Å². The van der Waals surface area contributed by atoms with Gasteiger partial charge in [-0.25, -0.2) is 4.98 Å². The van der Waals surface area contributed by atoms with Gasteiger partial charge in [0.15, 0.2) is 0 Å². The van der Waals surface area contributed by atoms with Gasteiger partial charge < -0.3 is 34.5 Å². The second-order valence-corrected chi connectivity index (χ2v) is 12.7. The van der Waals surface area contributed by atoms with Crippen molar-refractivity contribution in [1.82, 2.24) is 19.8 Å². The number of carbonyl (C=O) groups excluding carboxylic acids is 3. The van der Waals surface area contributed by atoms with Gasteiger partial charge in [-0.3, -0.25) is 14.4 Å². The Labute approximate surface area is 312 Å². The zero-order valence-corrected chi connectivity index (χ0v) is 31.8. The summed E-state index contributed by atoms with van der Waals surface area (Å²) >= 11 is 0. The van der Waals surface area contributed by atoms with Crippen LogP contribution in [0, 0.1) is 6.92 Å². The van der Waals surface area contributed by atoms with Crippen molar-refractivity contribution in [3.05, 3.63) is 77.1 Å². The van der Waals surface area contributed by atoms with Gasteiger partial charge in [-0.05, 0) is 87.7 Å². The number of anilines is 2. The molecule has 2 N–H and O–H groups in total. The third-order valence-corrected chi connectivity index (χ3v) is 8.92. The van der Waals surface area contributed by atoms with Crippen molar-refractivity contribution < 1.29 is 23.9 Å². The van der Waals surface area contributed by atoms with Gasteiger partial charge >= 0.3 is 0 Å². The molecule has 0 atom stereocenters. The number of unbranched alkanes of at least 4 members (excludes halogenated alkanes) is 2. The molecule has 3 amide bonds. The van der Waals surface area contributed by atoms with Crippen molar-refractivity contribution >= 4 is 64.9 Å². The average molecular weight is 742 g/mol. The van der Waals surface area contributed by atoms with Crippen LogP contribution in [-0.2, 0) is 11.2 Å². The first-order valence-electron chi connectivity index (χ1n) is 17.1. The van der Waals surface area contributed by atoms with Crippen LogP contribution in [0.1, 0.15) is 71.1 Å². The number of benzene rings is 3. The number of likely N-dealkylation sites (N-methyl/N-ethyl adjacent to an activating group) is 1. The van der Waals surface area contributed by atoms with Crippen LogP contribution in [0.2, 0.25) is 0 Å². The SMILES string of the molecule is CCCc1nc2c(NC(=O)c3ccc(C(=O)N(C)c4ccc(C)cc4OCCCCCC(=O)N4CCN(C)CC4)cc3OC)cccc2[nH]1.Cl.Cl. The van der Waals surface area contributed by atoms with Crippen LogP contribution in [0.4, 0.5) is 11.4 Å². The molecule has 5 rings (SSSR count). The summed E-state index contributed by atoms with van der Waals surface area (Å²) < 4.78 is 11.8. The van der Waals surface area contributed by atoms with Gasteiger partial charge in [0.1, 0.15) is 22.8 Å². The summed E-state index contributed by atoms with van der Waals surface area (Å²) in [7, 11) is 5.26. The van der Waals surface area contributed by atoms with E-state index in [1.165, 1.54) is 7.11 Å². The van der Waals surface area contributed by atoms with Gasteiger partial charge in [0.25, 0.3) is 11.8 Å². The quantitative estimate of drug-likeness (QED) is 0.135. The number of aromatic amines is 1. The Morgan fingerprint density at radius 2 is 1.73 bits per heavy atom. The molecule has 0 unspecified atom stereocenters. The van der Waals surface area contributed by atoms with Crippen molar-refractivity contribution in [3.63, 3.8) is 0 Å². The summed E-state index contributed by atoms with van der Waals surface area (Å²) in [6.45, 7) is 8.00. The van der Waals surface area contributed by atoms with E-state index in [9.17, 15) is 14.4 Å². The zero-order valence-electron chi connectivity index (χ0n) is 30.1. The Morgan fingerprint density at radius 3 is 2.45 bits per heavy atom. The minimum absolute atomic E-state index is 0. The highest BCUT2D eigenvalue weighted by atomic mass is 35.5. The molecule has 0 aliphatic carbocycles. The third-order valence-electron chi connectivity index (χ3n) is 8.92. The average Bonchev–Trinajstić information content (AvgIpc) is 3.53. The molecule has 2 heterocycles. The van der Waals surface area contributed by atoms with E-state index in [1.54, 1.807) is 30.1 Å². The largest absolute Gasteiger partial charge is 0.496 e. The van der Waals surface area contributed by atoms with Crippen LogP contribution in [-0.4, -0.2) is 91.5 Å². The number of aromatic nitrogens is 2. The van der Waals surface area contributed by atoms with Crippen LogP contribution in [0.5, 0.6) is 11.5 Å². The number of halogens is 2. The predicted molar refractivity (Wildman–Crippen MR) is 207 cm³/mol. The van der Waals surface area contributed by atoms with Crippen LogP contribution in [0.15, 0.2) is 54.6 Å². The fourth-order valence-electron chi connectivity index (χ4n) is 6.01. The number of H-pyrrole nitrogens is 1. The minimum Gasteiger partial charge on any atom is -0.496 e. The Bertz CT molecular complexity index is 1790. The summed E-state index contributed by atoms with van der Waals surface area (Å²) in [5.41, 5.74) is 4.45. The second-order valence-electron chi connectivity index (χ2n) is 12.7. The second kappa shape index (κ2) is 19.3. The van der Waals surface area contributed by atoms with Crippen molar-refractivity contribution in [1.29, 1.82) is 0 Å². The molecule has 13 heteroatoms. The molecule has 1 aliphatic rings. The van der Waals surface area contributed by atoms with Crippen LogP contribution in [0.3, 0.4) is 0 Å². The normalized spacial score (nSPS) is 12.8. The Hall–Kier alpha value is -4.32. The molecule has 51 heavy (non-hydrogen) atoms. The number of piperazine rings is 1. The number of para-hydroxylation sites is 1. The highest BCUT2D eigenvalue weighted by Gasteiger charge is 2.22. The number of fused-ring (bicyclic) bond motifs is 1. The maximum absolute atomic E-state index is 13.7. The van der Waals surface area contributed by atoms with Gasteiger partial charge in [-0.15, -0.1) is 24.8 Å². The van der Waals surface area contributed by atoms with E-state index < -0.39 is 0 Å². The number of aryl methyl sites for hydroxylation is 2. The highest BCUT2D eigenvalue weighted by Crippen LogP contribution is 2.31. The smallest absolute Gasteiger partial charge is 0.259 e. The maximum atomic E-state index is 13.7. The van der Waals surface area contributed by atoms with Crippen molar-refractivity contribution in [2.45, 2.75) is 52.4 Å². The lowest BCUT2D eigenvalue weighted by Gasteiger charge is -2.32. The fraction of sp³-hybridized carbons (Fsp3) is 0.421. The summed E-state index contributed by atoms with van der Waals surface area (Å²) in [4.78, 5) is 53.4. The van der Waals surface area contributed by atoms with Gasteiger partial charge in [-0.2, -0.15) is 0 Å².